The molecule has 1 spiro atoms. The van der Waals surface area contributed by atoms with E-state index in [1.807, 2.05) is 0 Å². The summed E-state index contributed by atoms with van der Waals surface area (Å²) in [6.45, 7) is 3.65. The Kier molecular flexibility index (Phi) is 5.68. The van der Waals surface area contributed by atoms with Crippen LogP contribution in [0.3, 0.4) is 0 Å². The first kappa shape index (κ1) is 17.2. The summed E-state index contributed by atoms with van der Waals surface area (Å²) >= 11 is 0. The van der Waals surface area contributed by atoms with E-state index in [0.29, 0.717) is 24.0 Å². The fourth-order valence-electron chi connectivity index (χ4n) is 4.32. The van der Waals surface area contributed by atoms with Crippen LogP contribution in [0.4, 0.5) is 0 Å². The standard InChI is InChI=1S/C15H30N2O3S/c1-3-20-14-12-13(15(14)8-5-4-6-9-15)17(2)10-7-11-21(16,18)19/h13-14H,3-12H2,1-2H3,(H2,16,18,19)/t13-,14+/m0/s1. The fourth-order valence-corrected chi connectivity index (χ4v) is 4.85. The molecule has 0 saturated heterocycles. The van der Waals surface area contributed by atoms with Gasteiger partial charge in [0, 0.05) is 18.1 Å². The lowest BCUT2D eigenvalue weighted by Crippen LogP contribution is -2.64. The number of sulfonamides is 1. The molecule has 21 heavy (non-hydrogen) atoms. The first-order valence-corrected chi connectivity index (χ1v) is 9.93. The summed E-state index contributed by atoms with van der Waals surface area (Å²) in [5, 5.41) is 5.08. The van der Waals surface area contributed by atoms with Crippen LogP contribution in [0.2, 0.25) is 0 Å². The molecule has 2 saturated carbocycles. The highest BCUT2D eigenvalue weighted by Gasteiger charge is 2.56. The number of primary sulfonamides is 1. The summed E-state index contributed by atoms with van der Waals surface area (Å²) in [6.07, 6.45) is 8.53. The first-order valence-electron chi connectivity index (χ1n) is 8.21. The van der Waals surface area contributed by atoms with Gasteiger partial charge >= 0.3 is 0 Å². The van der Waals surface area contributed by atoms with E-state index < -0.39 is 10.0 Å². The predicted octanol–water partition coefficient (Wildman–Crippen LogP) is 1.72. The fraction of sp³-hybridized carbons (Fsp3) is 1.00. The van der Waals surface area contributed by atoms with Gasteiger partial charge < -0.3 is 9.64 Å². The van der Waals surface area contributed by atoms with Crippen LogP contribution in [0.25, 0.3) is 0 Å². The van der Waals surface area contributed by atoms with E-state index in [9.17, 15) is 8.42 Å². The lowest BCUT2D eigenvalue weighted by atomic mass is 9.54. The van der Waals surface area contributed by atoms with Gasteiger partial charge in [-0.3, -0.25) is 0 Å². The quantitative estimate of drug-likeness (QED) is 0.776. The van der Waals surface area contributed by atoms with Gasteiger partial charge in [-0.25, -0.2) is 13.6 Å². The Bertz CT molecular complexity index is 432. The molecule has 2 rings (SSSR count). The summed E-state index contributed by atoms with van der Waals surface area (Å²) in [4.78, 5) is 2.34. The Morgan fingerprint density at radius 2 is 1.95 bits per heavy atom. The second-order valence-electron chi connectivity index (χ2n) is 6.69. The topological polar surface area (TPSA) is 72.6 Å². The van der Waals surface area contributed by atoms with Crippen molar-refractivity contribution in [3.63, 3.8) is 0 Å². The Morgan fingerprint density at radius 1 is 1.29 bits per heavy atom. The van der Waals surface area contributed by atoms with E-state index >= 15 is 0 Å². The van der Waals surface area contributed by atoms with Crippen molar-refractivity contribution in [3.05, 3.63) is 0 Å². The maximum Gasteiger partial charge on any atom is 0.209 e. The third kappa shape index (κ3) is 3.97. The molecule has 0 aromatic carbocycles. The van der Waals surface area contributed by atoms with Gasteiger partial charge in [-0.1, -0.05) is 19.3 Å². The molecule has 0 unspecified atom stereocenters. The highest BCUT2D eigenvalue weighted by Crippen LogP contribution is 2.55. The summed E-state index contributed by atoms with van der Waals surface area (Å²) in [5.41, 5.74) is 0.310. The minimum atomic E-state index is -3.34. The Hall–Kier alpha value is -0.170. The van der Waals surface area contributed by atoms with Crippen LogP contribution in [0.5, 0.6) is 0 Å². The zero-order valence-corrected chi connectivity index (χ0v) is 14.2. The number of hydrogen-bond acceptors (Lipinski definition) is 4. The molecule has 2 aliphatic rings. The van der Waals surface area contributed by atoms with Crippen LogP contribution in [-0.2, 0) is 14.8 Å². The minimum absolute atomic E-state index is 0.0753. The molecular weight excluding hydrogens is 288 g/mol. The van der Waals surface area contributed by atoms with Crippen molar-refractivity contribution in [1.82, 2.24) is 4.90 Å². The molecule has 0 aromatic rings. The van der Waals surface area contributed by atoms with Gasteiger partial charge in [-0.05, 0) is 46.2 Å². The zero-order valence-electron chi connectivity index (χ0n) is 13.4. The van der Waals surface area contributed by atoms with Crippen molar-refractivity contribution in [2.24, 2.45) is 10.6 Å². The van der Waals surface area contributed by atoms with Crippen LogP contribution in [0, 0.1) is 5.41 Å². The molecule has 0 aliphatic heterocycles. The molecule has 5 nitrogen and oxygen atoms in total. The van der Waals surface area contributed by atoms with Crippen LogP contribution >= 0.6 is 0 Å². The monoisotopic (exact) mass is 318 g/mol. The van der Waals surface area contributed by atoms with Gasteiger partial charge in [0.25, 0.3) is 0 Å². The molecule has 124 valence electrons. The predicted molar refractivity (Wildman–Crippen MR) is 84.6 cm³/mol. The van der Waals surface area contributed by atoms with Crippen LogP contribution in [0.1, 0.15) is 51.9 Å². The lowest BCUT2D eigenvalue weighted by molar-refractivity contribution is -0.178. The molecule has 2 atom stereocenters. The SMILES string of the molecule is CCO[C@@H]1C[C@H](N(C)CCCS(N)(=O)=O)C12CCCCC2. The number of hydrogen-bond donors (Lipinski definition) is 1. The van der Waals surface area contributed by atoms with E-state index in [1.165, 1.54) is 32.1 Å². The van der Waals surface area contributed by atoms with E-state index in [0.717, 1.165) is 19.6 Å². The molecule has 0 aromatic heterocycles. The van der Waals surface area contributed by atoms with E-state index in [-0.39, 0.29) is 5.75 Å². The van der Waals surface area contributed by atoms with Crippen LogP contribution < -0.4 is 5.14 Å². The highest BCUT2D eigenvalue weighted by atomic mass is 32.2. The van der Waals surface area contributed by atoms with Gasteiger partial charge in [0.2, 0.25) is 10.0 Å². The van der Waals surface area contributed by atoms with Crippen molar-refractivity contribution in [1.29, 1.82) is 0 Å². The molecule has 2 aliphatic carbocycles. The third-order valence-corrected chi connectivity index (χ3v) is 6.22. The molecule has 2 N–H and O–H groups in total. The Balaban J connectivity index is 1.92. The van der Waals surface area contributed by atoms with Crippen molar-refractivity contribution < 1.29 is 13.2 Å². The highest BCUT2D eigenvalue weighted by molar-refractivity contribution is 7.89. The maximum absolute atomic E-state index is 11.0. The van der Waals surface area contributed by atoms with Crippen molar-refractivity contribution in [2.45, 2.75) is 64.0 Å². The summed E-state index contributed by atoms with van der Waals surface area (Å²) in [5.74, 6) is 0.0753. The Morgan fingerprint density at radius 3 is 2.52 bits per heavy atom. The van der Waals surface area contributed by atoms with Gasteiger partial charge in [0.05, 0.1) is 11.9 Å². The average Bonchev–Trinajstić information content (AvgIpc) is 2.42. The molecule has 6 heteroatoms. The largest absolute Gasteiger partial charge is 0.378 e. The zero-order chi connectivity index (χ0) is 15.5. The molecule has 0 amide bonds. The summed E-state index contributed by atoms with van der Waals surface area (Å²) in [6, 6.07) is 0.537. The van der Waals surface area contributed by atoms with Crippen LogP contribution in [-0.4, -0.2) is 51.4 Å². The number of nitrogens with two attached hydrogens (primary N) is 1. The van der Waals surface area contributed by atoms with Gasteiger partial charge in [0.1, 0.15) is 0 Å². The molecule has 0 heterocycles. The van der Waals surface area contributed by atoms with E-state index in [2.05, 4.69) is 18.9 Å². The average molecular weight is 318 g/mol. The summed E-state index contributed by atoms with van der Waals surface area (Å²) in [7, 11) is -1.22. The molecule has 2 fully saturated rings. The van der Waals surface area contributed by atoms with Crippen LogP contribution in [0.15, 0.2) is 0 Å². The second-order valence-corrected chi connectivity index (χ2v) is 8.42. The first-order chi connectivity index (χ1) is 9.89. The third-order valence-electron chi connectivity index (χ3n) is 5.37. The van der Waals surface area contributed by atoms with Gasteiger partial charge in [-0.15, -0.1) is 0 Å². The minimum Gasteiger partial charge on any atom is -0.378 e. The second kappa shape index (κ2) is 6.94. The maximum atomic E-state index is 11.0. The number of rotatable bonds is 7. The molecular formula is C15H30N2O3S. The van der Waals surface area contributed by atoms with Crippen molar-refractivity contribution >= 4 is 10.0 Å². The Labute approximate surface area is 129 Å². The summed E-state index contributed by atoms with van der Waals surface area (Å²) < 4.78 is 28.0. The lowest BCUT2D eigenvalue weighted by Gasteiger charge is -2.60. The van der Waals surface area contributed by atoms with E-state index in [4.69, 9.17) is 9.88 Å². The van der Waals surface area contributed by atoms with Gasteiger partial charge in [-0.2, -0.15) is 0 Å². The normalized spacial score (nSPS) is 28.8. The van der Waals surface area contributed by atoms with Crippen molar-refractivity contribution in [3.8, 4) is 0 Å². The smallest absolute Gasteiger partial charge is 0.209 e. The molecule has 0 bridgehead atoms. The van der Waals surface area contributed by atoms with Crippen molar-refractivity contribution in [2.75, 3.05) is 26.0 Å². The number of nitrogens with zero attached hydrogens (tertiary/aromatic N) is 1. The molecule has 0 radical (unpaired) electrons. The van der Waals surface area contributed by atoms with E-state index in [1.54, 1.807) is 0 Å². The van der Waals surface area contributed by atoms with Gasteiger partial charge in [0.15, 0.2) is 0 Å². The number of ether oxygens (including phenoxy) is 1.